The van der Waals surface area contributed by atoms with Crippen LogP contribution in [0.4, 0.5) is 5.69 Å². The first-order chi connectivity index (χ1) is 13.0. The van der Waals surface area contributed by atoms with Gasteiger partial charge in [0.1, 0.15) is 5.84 Å². The quantitative estimate of drug-likeness (QED) is 0.844. The molecule has 0 saturated carbocycles. The van der Waals surface area contributed by atoms with Gasteiger partial charge in [-0.05, 0) is 55.7 Å². The van der Waals surface area contributed by atoms with E-state index in [1.54, 1.807) is 24.3 Å². The first-order valence-electron chi connectivity index (χ1n) is 8.99. The van der Waals surface area contributed by atoms with Crippen LogP contribution in [0.15, 0.2) is 58.4 Å². The summed E-state index contributed by atoms with van der Waals surface area (Å²) < 4.78 is 27.6. The Morgan fingerprint density at radius 3 is 2.48 bits per heavy atom. The van der Waals surface area contributed by atoms with Crippen LogP contribution in [0, 0.1) is 6.92 Å². The molecule has 0 atom stereocenters. The predicted molar refractivity (Wildman–Crippen MR) is 107 cm³/mol. The zero-order chi connectivity index (χ0) is 19.3. The molecule has 3 rings (SSSR count). The summed E-state index contributed by atoms with van der Waals surface area (Å²) in [5.41, 5.74) is 2.00. The molecule has 0 radical (unpaired) electrons. The lowest BCUT2D eigenvalue weighted by molar-refractivity contribution is 0.102. The average Bonchev–Trinajstić information content (AvgIpc) is 2.90. The van der Waals surface area contributed by atoms with Crippen molar-refractivity contribution in [2.24, 2.45) is 4.99 Å². The molecule has 7 heteroatoms. The molecule has 142 valence electrons. The molecular formula is C20H23N3O3S. The van der Waals surface area contributed by atoms with E-state index in [2.05, 4.69) is 15.0 Å². The van der Waals surface area contributed by atoms with Gasteiger partial charge in [0.15, 0.2) is 0 Å². The highest BCUT2D eigenvalue weighted by atomic mass is 32.2. The number of carbonyl (C=O) groups is 1. The fourth-order valence-electron chi connectivity index (χ4n) is 2.91. The Kier molecular flexibility index (Phi) is 5.91. The van der Waals surface area contributed by atoms with Gasteiger partial charge in [0, 0.05) is 24.2 Å². The molecule has 2 N–H and O–H groups in total. The Labute approximate surface area is 159 Å². The van der Waals surface area contributed by atoms with Crippen LogP contribution in [0.3, 0.4) is 0 Å². The molecule has 27 heavy (non-hydrogen) atoms. The maximum Gasteiger partial charge on any atom is 0.262 e. The Morgan fingerprint density at radius 1 is 1.00 bits per heavy atom. The van der Waals surface area contributed by atoms with Crippen molar-refractivity contribution in [2.75, 3.05) is 11.9 Å². The highest BCUT2D eigenvalue weighted by molar-refractivity contribution is 7.90. The molecule has 0 aliphatic carbocycles. The van der Waals surface area contributed by atoms with Gasteiger partial charge in [0.25, 0.3) is 15.9 Å². The fourth-order valence-corrected chi connectivity index (χ4v) is 4.00. The summed E-state index contributed by atoms with van der Waals surface area (Å²) in [5, 5.41) is 2.79. The topological polar surface area (TPSA) is 87.6 Å². The van der Waals surface area contributed by atoms with Gasteiger partial charge in [0.2, 0.25) is 0 Å². The second-order valence-electron chi connectivity index (χ2n) is 6.54. The second kappa shape index (κ2) is 8.35. The SMILES string of the molecule is Cc1ccccc1C(=O)Nc1ccc(S(=O)(=O)NC2=NCCCCC2)cc1. The van der Waals surface area contributed by atoms with Crippen LogP contribution < -0.4 is 10.0 Å². The highest BCUT2D eigenvalue weighted by Gasteiger charge is 2.17. The number of aliphatic imine (C=N–C) groups is 1. The van der Waals surface area contributed by atoms with Crippen molar-refractivity contribution in [1.82, 2.24) is 4.72 Å². The minimum Gasteiger partial charge on any atom is -0.322 e. The molecule has 2 aromatic rings. The molecule has 1 heterocycles. The van der Waals surface area contributed by atoms with Gasteiger partial charge >= 0.3 is 0 Å². The number of nitrogens with zero attached hydrogens (tertiary/aromatic N) is 1. The van der Waals surface area contributed by atoms with E-state index in [-0.39, 0.29) is 10.8 Å². The van der Waals surface area contributed by atoms with Gasteiger partial charge in [-0.15, -0.1) is 0 Å². The molecule has 1 amide bonds. The predicted octanol–water partition coefficient (Wildman–Crippen LogP) is 3.50. The summed E-state index contributed by atoms with van der Waals surface area (Å²) in [6.07, 6.45) is 3.62. The number of hydrogen-bond donors (Lipinski definition) is 2. The summed E-state index contributed by atoms with van der Waals surface area (Å²) in [6, 6.07) is 13.4. The second-order valence-corrected chi connectivity index (χ2v) is 8.22. The number of rotatable bonds is 4. The number of aryl methyl sites for hydroxylation is 1. The Hall–Kier alpha value is -2.67. The third-order valence-corrected chi connectivity index (χ3v) is 5.84. The molecule has 6 nitrogen and oxygen atoms in total. The molecule has 0 bridgehead atoms. The summed E-state index contributed by atoms with van der Waals surface area (Å²) in [4.78, 5) is 16.8. The van der Waals surface area contributed by atoms with Gasteiger partial charge in [-0.2, -0.15) is 0 Å². The van der Waals surface area contributed by atoms with Crippen molar-refractivity contribution in [3.8, 4) is 0 Å². The van der Waals surface area contributed by atoms with Crippen molar-refractivity contribution >= 4 is 27.5 Å². The molecule has 0 saturated heterocycles. The molecule has 0 fully saturated rings. The summed E-state index contributed by atoms with van der Waals surface area (Å²) in [7, 11) is -3.67. The van der Waals surface area contributed by atoms with E-state index in [1.807, 2.05) is 19.1 Å². The number of amidine groups is 1. The molecule has 0 unspecified atom stereocenters. The number of amides is 1. The van der Waals surface area contributed by atoms with Crippen LogP contribution in [0.2, 0.25) is 0 Å². The fraction of sp³-hybridized carbons (Fsp3) is 0.300. The number of carbonyl (C=O) groups excluding carboxylic acids is 1. The zero-order valence-electron chi connectivity index (χ0n) is 15.2. The van der Waals surface area contributed by atoms with Crippen LogP contribution in [0.5, 0.6) is 0 Å². The smallest absolute Gasteiger partial charge is 0.262 e. The number of nitrogens with one attached hydrogen (secondary N) is 2. The molecule has 0 spiro atoms. The lowest BCUT2D eigenvalue weighted by Gasteiger charge is -2.11. The van der Waals surface area contributed by atoms with Gasteiger partial charge in [0.05, 0.1) is 4.90 Å². The van der Waals surface area contributed by atoms with E-state index in [0.717, 1.165) is 24.8 Å². The first kappa shape index (κ1) is 19.1. The largest absolute Gasteiger partial charge is 0.322 e. The molecule has 0 aromatic heterocycles. The third kappa shape index (κ3) is 4.95. The normalized spacial score (nSPS) is 14.8. The van der Waals surface area contributed by atoms with Gasteiger partial charge in [-0.3, -0.25) is 14.5 Å². The lowest BCUT2D eigenvalue weighted by Crippen LogP contribution is -2.30. The summed E-state index contributed by atoms with van der Waals surface area (Å²) in [6.45, 7) is 2.52. The Bertz CT molecular complexity index is 951. The molecule has 2 aromatic carbocycles. The van der Waals surface area contributed by atoms with Crippen molar-refractivity contribution in [3.05, 3.63) is 59.7 Å². The number of hydrogen-bond acceptors (Lipinski definition) is 4. The Morgan fingerprint density at radius 2 is 1.74 bits per heavy atom. The minimum absolute atomic E-state index is 0.142. The van der Waals surface area contributed by atoms with Crippen molar-refractivity contribution in [3.63, 3.8) is 0 Å². The molecule has 1 aliphatic heterocycles. The highest BCUT2D eigenvalue weighted by Crippen LogP contribution is 2.17. The van der Waals surface area contributed by atoms with Crippen LogP contribution in [0.25, 0.3) is 0 Å². The summed E-state index contributed by atoms with van der Waals surface area (Å²) in [5.74, 6) is 0.291. The van der Waals surface area contributed by atoms with Crippen LogP contribution in [-0.2, 0) is 10.0 Å². The van der Waals surface area contributed by atoms with E-state index in [1.165, 1.54) is 12.1 Å². The maximum absolute atomic E-state index is 12.5. The van der Waals surface area contributed by atoms with Gasteiger partial charge < -0.3 is 5.32 Å². The van der Waals surface area contributed by atoms with Crippen molar-refractivity contribution < 1.29 is 13.2 Å². The minimum atomic E-state index is -3.67. The van der Waals surface area contributed by atoms with E-state index < -0.39 is 10.0 Å². The van der Waals surface area contributed by atoms with E-state index in [9.17, 15) is 13.2 Å². The molecule has 1 aliphatic rings. The third-order valence-electron chi connectivity index (χ3n) is 4.44. The number of sulfonamides is 1. The molecular weight excluding hydrogens is 362 g/mol. The number of benzene rings is 2. The van der Waals surface area contributed by atoms with E-state index >= 15 is 0 Å². The maximum atomic E-state index is 12.5. The van der Waals surface area contributed by atoms with Crippen molar-refractivity contribution in [1.29, 1.82) is 0 Å². The van der Waals surface area contributed by atoms with E-state index in [4.69, 9.17) is 0 Å². The van der Waals surface area contributed by atoms with Crippen LogP contribution in [0.1, 0.15) is 41.6 Å². The zero-order valence-corrected chi connectivity index (χ0v) is 16.1. The van der Waals surface area contributed by atoms with E-state index in [0.29, 0.717) is 30.1 Å². The van der Waals surface area contributed by atoms with Crippen molar-refractivity contribution in [2.45, 2.75) is 37.5 Å². The summed E-state index contributed by atoms with van der Waals surface area (Å²) >= 11 is 0. The lowest BCUT2D eigenvalue weighted by atomic mass is 10.1. The van der Waals surface area contributed by atoms with Gasteiger partial charge in [-0.25, -0.2) is 8.42 Å². The van der Waals surface area contributed by atoms with Crippen LogP contribution in [-0.4, -0.2) is 26.7 Å². The average molecular weight is 385 g/mol. The first-order valence-corrected chi connectivity index (χ1v) is 10.5. The monoisotopic (exact) mass is 385 g/mol. The standard InChI is InChI=1S/C20H23N3O3S/c1-15-7-4-5-8-18(15)20(24)22-16-10-12-17(13-11-16)27(25,26)23-19-9-3-2-6-14-21-19/h4-5,7-8,10-13H,2-3,6,9,14H2,1H3,(H,21,23)(H,22,24). The van der Waals surface area contributed by atoms with Gasteiger partial charge in [-0.1, -0.05) is 24.6 Å². The van der Waals surface area contributed by atoms with Crippen LogP contribution >= 0.6 is 0 Å². The Balaban J connectivity index is 1.70. The number of anilines is 1.